The first-order valence-electron chi connectivity index (χ1n) is 6.82. The zero-order chi connectivity index (χ0) is 16.5. The Balaban J connectivity index is 2.97. The van der Waals surface area contributed by atoms with Crippen LogP contribution in [0.15, 0.2) is 14.4 Å². The van der Waals surface area contributed by atoms with E-state index < -0.39 is 17.1 Å². The van der Waals surface area contributed by atoms with Gasteiger partial charge in [-0.05, 0) is 0 Å². The van der Waals surface area contributed by atoms with Gasteiger partial charge in [0, 0.05) is 7.05 Å². The van der Waals surface area contributed by atoms with E-state index in [0.29, 0.717) is 0 Å². The van der Waals surface area contributed by atoms with Crippen LogP contribution < -0.4 is 17.1 Å². The summed E-state index contributed by atoms with van der Waals surface area (Å²) in [5.41, 5.74) is -2.20. The second-order valence-corrected chi connectivity index (χ2v) is 4.38. The third kappa shape index (κ3) is 4.63. The minimum atomic E-state index is -0.742. The van der Waals surface area contributed by atoms with Crippen molar-refractivity contribution in [1.82, 2.24) is 13.7 Å². The molecule has 0 saturated heterocycles. The zero-order valence-corrected chi connectivity index (χ0v) is 12.4. The molecule has 0 atom stereocenters. The van der Waals surface area contributed by atoms with Crippen LogP contribution in [0.25, 0.3) is 0 Å². The molecule has 0 aliphatic rings. The third-order valence-electron chi connectivity index (χ3n) is 2.89. The fourth-order valence-electron chi connectivity index (χ4n) is 1.78. The molecule has 0 radical (unpaired) electrons. The standard InChI is InChI=1S/C12H21N3O7/c1-13-10(18)14(2-6-21-8-4-16)12(20)15(11(13)19)3-7-22-9-5-17/h16-17H,2-9H2,1H3. The van der Waals surface area contributed by atoms with Gasteiger partial charge in [-0.2, -0.15) is 0 Å². The largest absolute Gasteiger partial charge is 0.394 e. The SMILES string of the molecule is Cn1c(=O)n(CCOCCO)c(=O)n(CCOCCO)c1=O. The maximum absolute atomic E-state index is 12.2. The summed E-state index contributed by atoms with van der Waals surface area (Å²) >= 11 is 0. The number of hydrogen-bond acceptors (Lipinski definition) is 7. The van der Waals surface area contributed by atoms with Crippen molar-refractivity contribution in [2.75, 3.05) is 39.6 Å². The monoisotopic (exact) mass is 319 g/mol. The van der Waals surface area contributed by atoms with Crippen LogP contribution in [0, 0.1) is 0 Å². The lowest BCUT2D eigenvalue weighted by Gasteiger charge is -2.11. The smallest absolute Gasteiger partial charge is 0.336 e. The van der Waals surface area contributed by atoms with Gasteiger partial charge in [-0.1, -0.05) is 0 Å². The van der Waals surface area contributed by atoms with Crippen molar-refractivity contribution in [1.29, 1.82) is 0 Å². The second-order valence-electron chi connectivity index (χ2n) is 4.38. The van der Waals surface area contributed by atoms with Gasteiger partial charge >= 0.3 is 17.1 Å². The molecule has 1 heterocycles. The number of ether oxygens (including phenoxy) is 2. The van der Waals surface area contributed by atoms with Crippen LogP contribution in [-0.4, -0.2) is 63.6 Å². The van der Waals surface area contributed by atoms with Crippen LogP contribution in [0.3, 0.4) is 0 Å². The van der Waals surface area contributed by atoms with Crippen molar-refractivity contribution >= 4 is 0 Å². The van der Waals surface area contributed by atoms with Crippen LogP contribution in [0.2, 0.25) is 0 Å². The fraction of sp³-hybridized carbons (Fsp3) is 0.750. The molecule has 10 heteroatoms. The summed E-state index contributed by atoms with van der Waals surface area (Å²) in [7, 11) is 1.28. The molecule has 2 N–H and O–H groups in total. The summed E-state index contributed by atoms with van der Waals surface area (Å²) < 4.78 is 12.7. The molecule has 1 aromatic heterocycles. The molecule has 0 fully saturated rings. The summed E-state index contributed by atoms with van der Waals surface area (Å²) in [6.07, 6.45) is 0. The van der Waals surface area contributed by atoms with Gasteiger partial charge in [0.15, 0.2) is 0 Å². The number of rotatable bonds is 10. The van der Waals surface area contributed by atoms with E-state index in [-0.39, 0.29) is 52.7 Å². The van der Waals surface area contributed by atoms with Gasteiger partial charge in [-0.3, -0.25) is 0 Å². The first-order chi connectivity index (χ1) is 10.5. The normalized spacial score (nSPS) is 11.0. The van der Waals surface area contributed by atoms with E-state index in [9.17, 15) is 14.4 Å². The average Bonchev–Trinajstić information content (AvgIpc) is 2.51. The van der Waals surface area contributed by atoms with Gasteiger partial charge in [-0.15, -0.1) is 0 Å². The lowest BCUT2D eigenvalue weighted by molar-refractivity contribution is 0.0814. The highest BCUT2D eigenvalue weighted by atomic mass is 16.5. The highest BCUT2D eigenvalue weighted by Crippen LogP contribution is 1.81. The topological polar surface area (TPSA) is 125 Å². The Morgan fingerprint density at radius 2 is 1.18 bits per heavy atom. The molecule has 0 aliphatic heterocycles. The van der Waals surface area contributed by atoms with Gasteiger partial charge in [0.1, 0.15) is 0 Å². The molecule has 1 rings (SSSR count). The first-order valence-corrected chi connectivity index (χ1v) is 6.82. The first kappa shape index (κ1) is 18.3. The van der Waals surface area contributed by atoms with E-state index in [1.165, 1.54) is 7.05 Å². The summed E-state index contributed by atoms with van der Waals surface area (Å²) in [5, 5.41) is 17.2. The van der Waals surface area contributed by atoms with Gasteiger partial charge < -0.3 is 19.7 Å². The van der Waals surface area contributed by atoms with E-state index in [1.807, 2.05) is 0 Å². The van der Waals surface area contributed by atoms with Crippen molar-refractivity contribution < 1.29 is 19.7 Å². The van der Waals surface area contributed by atoms with Crippen LogP contribution >= 0.6 is 0 Å². The highest BCUT2D eigenvalue weighted by molar-refractivity contribution is 4.77. The highest BCUT2D eigenvalue weighted by Gasteiger charge is 2.12. The van der Waals surface area contributed by atoms with E-state index in [1.54, 1.807) is 0 Å². The Morgan fingerprint density at radius 3 is 1.55 bits per heavy atom. The Labute approximate surface area is 125 Å². The number of hydrogen-bond donors (Lipinski definition) is 2. The van der Waals surface area contributed by atoms with E-state index >= 15 is 0 Å². The maximum Gasteiger partial charge on any atom is 0.336 e. The summed E-state index contributed by atoms with van der Waals surface area (Å²) in [4.78, 5) is 36.1. The molecule has 22 heavy (non-hydrogen) atoms. The van der Waals surface area contributed by atoms with E-state index in [2.05, 4.69) is 0 Å². The molecule has 0 unspecified atom stereocenters. The summed E-state index contributed by atoms with van der Waals surface area (Å²) in [6, 6.07) is 0. The van der Waals surface area contributed by atoms with Crippen molar-refractivity contribution in [2.24, 2.45) is 7.05 Å². The van der Waals surface area contributed by atoms with Gasteiger partial charge in [0.05, 0.1) is 52.7 Å². The Bertz CT molecular complexity index is 581. The molecular weight excluding hydrogens is 298 g/mol. The van der Waals surface area contributed by atoms with Crippen LogP contribution in [0.1, 0.15) is 0 Å². The Morgan fingerprint density at radius 1 is 0.773 bits per heavy atom. The van der Waals surface area contributed by atoms with Crippen molar-refractivity contribution in [3.05, 3.63) is 31.5 Å². The Hall–Kier alpha value is -1.75. The predicted octanol–water partition coefficient (Wildman–Crippen LogP) is -3.27. The molecule has 1 aromatic rings. The molecule has 0 aromatic carbocycles. The minimum Gasteiger partial charge on any atom is -0.394 e. The molecule has 0 saturated carbocycles. The number of aliphatic hydroxyl groups is 2. The van der Waals surface area contributed by atoms with Crippen molar-refractivity contribution in [3.63, 3.8) is 0 Å². The molecule has 0 bridgehead atoms. The molecule has 126 valence electrons. The summed E-state index contributed by atoms with van der Waals surface area (Å²) in [5.74, 6) is 0. The zero-order valence-electron chi connectivity index (χ0n) is 12.4. The molecular formula is C12H21N3O7. The number of nitrogens with zero attached hydrogens (tertiary/aromatic N) is 3. The lowest BCUT2D eigenvalue weighted by atomic mass is 10.6. The second kappa shape index (κ2) is 9.30. The quantitative estimate of drug-likeness (QED) is 0.433. The summed E-state index contributed by atoms with van der Waals surface area (Å²) in [6.45, 7) is -0.0347. The van der Waals surface area contributed by atoms with E-state index in [4.69, 9.17) is 19.7 Å². The molecule has 10 nitrogen and oxygen atoms in total. The fourth-order valence-corrected chi connectivity index (χ4v) is 1.78. The van der Waals surface area contributed by atoms with Crippen molar-refractivity contribution in [3.8, 4) is 0 Å². The molecule has 0 aliphatic carbocycles. The van der Waals surface area contributed by atoms with Gasteiger partial charge in [0.2, 0.25) is 0 Å². The number of aromatic nitrogens is 3. The van der Waals surface area contributed by atoms with Crippen LogP contribution in [-0.2, 0) is 29.6 Å². The average molecular weight is 319 g/mol. The number of aliphatic hydroxyl groups excluding tert-OH is 2. The van der Waals surface area contributed by atoms with Gasteiger partial charge in [-0.25, -0.2) is 28.1 Å². The minimum absolute atomic E-state index is 0.0245. The predicted molar refractivity (Wildman–Crippen MR) is 76.0 cm³/mol. The van der Waals surface area contributed by atoms with E-state index in [0.717, 1.165) is 13.7 Å². The maximum atomic E-state index is 12.2. The third-order valence-corrected chi connectivity index (χ3v) is 2.89. The van der Waals surface area contributed by atoms with Gasteiger partial charge in [0.25, 0.3) is 0 Å². The Kier molecular flexibility index (Phi) is 7.74. The molecule has 0 amide bonds. The van der Waals surface area contributed by atoms with Crippen molar-refractivity contribution in [2.45, 2.75) is 13.1 Å². The lowest BCUT2D eigenvalue weighted by Crippen LogP contribution is -2.54. The molecule has 0 spiro atoms. The van der Waals surface area contributed by atoms with Crippen LogP contribution in [0.4, 0.5) is 0 Å². The van der Waals surface area contributed by atoms with Crippen LogP contribution in [0.5, 0.6) is 0 Å².